The van der Waals surface area contributed by atoms with E-state index in [1.807, 2.05) is 4.57 Å². The number of methoxy groups -OCH3 is 1. The molecule has 0 amide bonds. The van der Waals surface area contributed by atoms with Gasteiger partial charge in [-0.05, 0) is 63.7 Å². The molecule has 0 unspecified atom stereocenters. The van der Waals surface area contributed by atoms with E-state index in [0.29, 0.717) is 19.0 Å². The third kappa shape index (κ3) is 5.37. The van der Waals surface area contributed by atoms with E-state index in [2.05, 4.69) is 96.8 Å². The van der Waals surface area contributed by atoms with Crippen LogP contribution in [0.25, 0.3) is 22.4 Å². The fourth-order valence-corrected chi connectivity index (χ4v) is 5.46. The van der Waals surface area contributed by atoms with Crippen molar-refractivity contribution in [1.29, 1.82) is 0 Å². The van der Waals surface area contributed by atoms with Crippen molar-refractivity contribution in [3.05, 3.63) is 69.7 Å². The van der Waals surface area contributed by atoms with Crippen LogP contribution in [0.3, 0.4) is 0 Å². The molecule has 0 aliphatic heterocycles. The van der Waals surface area contributed by atoms with Gasteiger partial charge in [-0.1, -0.05) is 38.1 Å². The van der Waals surface area contributed by atoms with Crippen LogP contribution < -0.4 is 10.1 Å². The van der Waals surface area contributed by atoms with Crippen LogP contribution in [-0.4, -0.2) is 34.6 Å². The van der Waals surface area contributed by atoms with Crippen LogP contribution >= 0.6 is 15.9 Å². The van der Waals surface area contributed by atoms with Crippen molar-refractivity contribution in [2.45, 2.75) is 44.7 Å². The van der Waals surface area contributed by atoms with Crippen molar-refractivity contribution in [3.63, 3.8) is 0 Å². The first-order chi connectivity index (χ1) is 16.9. The molecule has 0 atom stereocenters. The van der Waals surface area contributed by atoms with E-state index in [1.54, 1.807) is 7.11 Å². The number of ether oxygens (including phenoxy) is 1. The predicted octanol–water partition coefficient (Wildman–Crippen LogP) is 6.31. The number of hydrogen-bond acceptors (Lipinski definition) is 4. The van der Waals surface area contributed by atoms with Gasteiger partial charge in [0.15, 0.2) is 4.90 Å². The number of aryl methyl sites for hydroxylation is 1. The van der Waals surface area contributed by atoms with Crippen LogP contribution in [0.2, 0.25) is 0 Å². The molecule has 0 bridgehead atoms. The second-order valence-corrected chi connectivity index (χ2v) is 10.7. The lowest BCUT2D eigenvalue weighted by Crippen LogP contribution is -2.06. The summed E-state index contributed by atoms with van der Waals surface area (Å²) >= 11 is 5.08. The largest absolute Gasteiger partial charge is 0.494 e. The van der Waals surface area contributed by atoms with Gasteiger partial charge in [-0.3, -0.25) is 0 Å². The van der Waals surface area contributed by atoms with E-state index in [-0.39, 0.29) is 6.61 Å². The monoisotopic (exact) mass is 554 g/mol. The molecule has 2 N–H and O–H groups in total. The Morgan fingerprint density at radius 3 is 2.51 bits per heavy atom. The lowest BCUT2D eigenvalue weighted by Gasteiger charge is -2.14. The zero-order valence-electron chi connectivity index (χ0n) is 20.9. The first-order valence-electron chi connectivity index (χ1n) is 11.8. The molecule has 7 heteroatoms. The summed E-state index contributed by atoms with van der Waals surface area (Å²) in [6.07, 6.45) is 2.14. The van der Waals surface area contributed by atoms with Crippen LogP contribution in [0.5, 0.6) is 5.75 Å². The number of imidazole rings is 1. The molecule has 35 heavy (non-hydrogen) atoms. The quantitative estimate of drug-likeness (QED) is 0.188. The Bertz CT molecular complexity index is 1330. The summed E-state index contributed by atoms with van der Waals surface area (Å²) in [7, 11) is 1.68. The molecule has 0 aliphatic rings. The van der Waals surface area contributed by atoms with Crippen molar-refractivity contribution in [2.75, 3.05) is 25.3 Å². The highest BCUT2D eigenvalue weighted by molar-refractivity contribution is 9.10. The average molecular weight is 556 g/mol. The van der Waals surface area contributed by atoms with Crippen LogP contribution in [0.15, 0.2) is 57.9 Å². The van der Waals surface area contributed by atoms with E-state index in [4.69, 9.17) is 9.72 Å². The second kappa shape index (κ2) is 11.1. The van der Waals surface area contributed by atoms with Gasteiger partial charge in [-0.2, -0.15) is 0 Å². The van der Waals surface area contributed by atoms with E-state index < -0.39 is 0 Å². The number of aliphatic hydroxyl groups is 1. The number of hydrogen-bond donors (Lipinski definition) is 2. The molecule has 0 radical (unpaired) electrons. The standard InChI is InChI=1S/C28H32BrN3O2S/c1-17(2)19-6-8-20(9-7-19)28-31-26-25(29)21(14-24(34-4)27(26)32(28)10-11-33)16-30-22-12-18(3)13-23(15-22)35-5/h6-9,12-15,17,30,33H,10-11,16H2,1-5H3/p+1. The van der Waals surface area contributed by atoms with Crippen molar-refractivity contribution >= 4 is 44.4 Å². The van der Waals surface area contributed by atoms with Gasteiger partial charge in [-0.15, -0.1) is 0 Å². The van der Waals surface area contributed by atoms with Gasteiger partial charge in [0.2, 0.25) is 0 Å². The van der Waals surface area contributed by atoms with Crippen molar-refractivity contribution in [3.8, 4) is 17.1 Å². The smallest absolute Gasteiger partial charge is 0.154 e. The highest BCUT2D eigenvalue weighted by Gasteiger charge is 2.21. The normalized spacial score (nSPS) is 11.4. The molecule has 5 nitrogen and oxygen atoms in total. The summed E-state index contributed by atoms with van der Waals surface area (Å²) in [5.41, 5.74) is 7.39. The van der Waals surface area contributed by atoms with Crippen LogP contribution in [0, 0.1) is 6.92 Å². The Balaban J connectivity index is 1.78. The van der Waals surface area contributed by atoms with E-state index in [1.165, 1.54) is 27.8 Å². The predicted molar refractivity (Wildman–Crippen MR) is 152 cm³/mol. The maximum atomic E-state index is 9.84. The second-order valence-electron chi connectivity index (χ2n) is 8.97. The van der Waals surface area contributed by atoms with Crippen molar-refractivity contribution in [2.24, 2.45) is 0 Å². The van der Waals surface area contributed by atoms with E-state index in [0.717, 1.165) is 43.9 Å². The number of nitrogens with one attached hydrogen (secondary N) is 1. The van der Waals surface area contributed by atoms with Crippen molar-refractivity contribution < 1.29 is 9.84 Å². The minimum Gasteiger partial charge on any atom is -0.494 e. The average Bonchev–Trinajstić information content (AvgIpc) is 3.23. The number of aliphatic hydroxyl groups excluding tert-OH is 1. The summed E-state index contributed by atoms with van der Waals surface area (Å²) < 4.78 is 8.80. The number of anilines is 1. The minimum absolute atomic E-state index is 0.0130. The number of rotatable bonds is 9. The number of benzene rings is 3. The number of halogens is 1. The Kier molecular flexibility index (Phi) is 8.09. The summed E-state index contributed by atoms with van der Waals surface area (Å²) in [6.45, 7) is 7.56. The summed E-state index contributed by atoms with van der Waals surface area (Å²) in [6, 6.07) is 17.1. The van der Waals surface area contributed by atoms with Gasteiger partial charge in [0, 0.05) is 42.2 Å². The Hall–Kier alpha value is -2.48. The van der Waals surface area contributed by atoms with Crippen LogP contribution in [-0.2, 0) is 24.9 Å². The van der Waals surface area contributed by atoms with Crippen LogP contribution in [0.1, 0.15) is 36.5 Å². The topological polar surface area (TPSA) is 59.3 Å². The van der Waals surface area contributed by atoms with Crippen molar-refractivity contribution in [1.82, 2.24) is 9.55 Å². The number of aromatic nitrogens is 2. The molecule has 0 aliphatic carbocycles. The van der Waals surface area contributed by atoms with Crippen LogP contribution in [0.4, 0.5) is 5.69 Å². The summed E-state index contributed by atoms with van der Waals surface area (Å²) in [4.78, 5) is 6.32. The van der Waals surface area contributed by atoms with Gasteiger partial charge < -0.3 is 19.7 Å². The molecule has 0 saturated heterocycles. The Labute approximate surface area is 220 Å². The summed E-state index contributed by atoms with van der Waals surface area (Å²) in [5, 5.41) is 13.4. The fraction of sp³-hybridized carbons (Fsp3) is 0.321. The molecular weight excluding hydrogens is 522 g/mol. The maximum absolute atomic E-state index is 9.84. The first-order valence-corrected chi connectivity index (χ1v) is 13.9. The molecule has 184 valence electrons. The Morgan fingerprint density at radius 2 is 1.89 bits per heavy atom. The molecule has 1 aromatic heterocycles. The van der Waals surface area contributed by atoms with Gasteiger partial charge in [0.05, 0.1) is 18.2 Å². The number of thiol groups is 1. The molecule has 3 aromatic carbocycles. The fourth-order valence-electron chi connectivity index (χ4n) is 4.33. The van der Waals surface area contributed by atoms with E-state index in [9.17, 15) is 5.11 Å². The highest BCUT2D eigenvalue weighted by Crippen LogP contribution is 2.38. The minimum atomic E-state index is 0.0130. The molecular formula is C28H33BrN3O2S+. The zero-order valence-corrected chi connectivity index (χ0v) is 23.4. The lowest BCUT2D eigenvalue weighted by atomic mass is 10.0. The van der Waals surface area contributed by atoms with Gasteiger partial charge >= 0.3 is 0 Å². The van der Waals surface area contributed by atoms with Gasteiger partial charge in [-0.25, -0.2) is 4.98 Å². The van der Waals surface area contributed by atoms with E-state index >= 15 is 0 Å². The molecule has 0 fully saturated rings. The maximum Gasteiger partial charge on any atom is 0.154 e. The van der Waals surface area contributed by atoms with Gasteiger partial charge in [0.25, 0.3) is 0 Å². The molecule has 4 aromatic rings. The molecule has 1 heterocycles. The first kappa shape index (κ1) is 25.6. The summed E-state index contributed by atoms with van der Waals surface area (Å²) in [5.74, 6) is 2.02. The number of nitrogens with zero attached hydrogens (tertiary/aromatic N) is 2. The zero-order chi connectivity index (χ0) is 25.1. The molecule has 0 saturated carbocycles. The number of fused-ring (bicyclic) bond motifs is 1. The van der Waals surface area contributed by atoms with Gasteiger partial charge in [0.1, 0.15) is 28.9 Å². The molecule has 4 rings (SSSR count). The SMILES string of the molecule is COc1cc(CNc2cc(C)cc([SH+]C)c2)c(Br)c2nc(-c3ccc(C(C)C)cc3)n(CCO)c12. The Morgan fingerprint density at radius 1 is 1.14 bits per heavy atom. The third-order valence-corrected chi connectivity index (χ3v) is 7.84. The third-order valence-electron chi connectivity index (χ3n) is 6.18. The highest BCUT2D eigenvalue weighted by atomic mass is 79.9. The lowest BCUT2D eigenvalue weighted by molar-refractivity contribution is 0.278. The molecule has 0 spiro atoms.